The van der Waals surface area contributed by atoms with Crippen LogP contribution in [-0.2, 0) is 6.54 Å². The predicted molar refractivity (Wildman–Crippen MR) is 77.2 cm³/mol. The van der Waals surface area contributed by atoms with E-state index in [1.165, 1.54) is 0 Å². The number of nitrogens with zero attached hydrogens (tertiary/aromatic N) is 3. The number of anilines is 1. The van der Waals surface area contributed by atoms with Crippen LogP contribution in [0.5, 0.6) is 0 Å². The molecule has 0 aliphatic carbocycles. The Hall–Kier alpha value is -2.08. The molecule has 0 saturated heterocycles. The zero-order valence-electron chi connectivity index (χ0n) is 10.4. The third-order valence-corrected chi connectivity index (χ3v) is 3.38. The van der Waals surface area contributed by atoms with Crippen LogP contribution in [0.25, 0.3) is 10.9 Å². The molecule has 5 nitrogen and oxygen atoms in total. The molecule has 96 valence electrons. The molecule has 0 atom stereocenters. The number of nitrogens with one attached hydrogen (secondary N) is 2. The second-order valence-electron chi connectivity index (χ2n) is 4.10. The number of benzene rings is 1. The second-order valence-corrected chi connectivity index (χ2v) is 4.88. The summed E-state index contributed by atoms with van der Waals surface area (Å²) in [5.41, 5.74) is 3.16. The number of aromatic nitrogens is 4. The molecule has 2 heterocycles. The summed E-state index contributed by atoms with van der Waals surface area (Å²) >= 11 is 1.54. The molecule has 6 heteroatoms. The average Bonchev–Trinajstić information content (AvgIpc) is 2.93. The van der Waals surface area contributed by atoms with Gasteiger partial charge >= 0.3 is 0 Å². The van der Waals surface area contributed by atoms with E-state index >= 15 is 0 Å². The average molecular weight is 271 g/mol. The molecular weight excluding hydrogens is 258 g/mol. The van der Waals surface area contributed by atoms with Gasteiger partial charge in [0.2, 0.25) is 0 Å². The van der Waals surface area contributed by atoms with Crippen LogP contribution >= 0.6 is 11.8 Å². The third-order valence-electron chi connectivity index (χ3n) is 2.80. The van der Waals surface area contributed by atoms with Gasteiger partial charge in [0.05, 0.1) is 11.7 Å². The Morgan fingerprint density at radius 3 is 2.84 bits per heavy atom. The Bertz CT molecular complexity index is 677. The highest BCUT2D eigenvalue weighted by atomic mass is 32.2. The van der Waals surface area contributed by atoms with Gasteiger partial charge in [-0.15, -0.1) is 0 Å². The molecule has 0 amide bonds. The molecule has 0 fully saturated rings. The van der Waals surface area contributed by atoms with Gasteiger partial charge in [-0.25, -0.2) is 9.97 Å². The van der Waals surface area contributed by atoms with E-state index in [9.17, 15) is 0 Å². The first kappa shape index (κ1) is 12.0. The fraction of sp³-hybridized carbons (Fsp3) is 0.154. The maximum absolute atomic E-state index is 4.25. The van der Waals surface area contributed by atoms with Crippen LogP contribution in [-0.4, -0.2) is 26.4 Å². The Balaban J connectivity index is 1.70. The lowest BCUT2D eigenvalue weighted by molar-refractivity contribution is 0.930. The minimum absolute atomic E-state index is 0.706. The Morgan fingerprint density at radius 1 is 1.21 bits per heavy atom. The van der Waals surface area contributed by atoms with Gasteiger partial charge < -0.3 is 5.32 Å². The number of hydrogen-bond acceptors (Lipinski definition) is 5. The number of fused-ring (bicyclic) bond motifs is 1. The van der Waals surface area contributed by atoms with Crippen molar-refractivity contribution in [2.24, 2.45) is 0 Å². The van der Waals surface area contributed by atoms with Crippen molar-refractivity contribution in [2.45, 2.75) is 11.7 Å². The minimum Gasteiger partial charge on any atom is -0.381 e. The summed E-state index contributed by atoms with van der Waals surface area (Å²) in [5, 5.41) is 12.2. The molecule has 2 aromatic heterocycles. The summed E-state index contributed by atoms with van der Waals surface area (Å²) in [6.45, 7) is 0.706. The molecular formula is C13H13N5S. The Morgan fingerprint density at radius 2 is 2.05 bits per heavy atom. The first-order chi connectivity index (χ1) is 9.35. The molecule has 3 rings (SSSR count). The standard InChI is InChI=1S/C13H13N5S/c1-19-13-15-6-9(7-16-13)5-14-11-2-3-12-10(4-11)8-17-18-12/h2-4,6-8,14H,5H2,1H3,(H,17,18). The van der Waals surface area contributed by atoms with Crippen molar-refractivity contribution < 1.29 is 0 Å². The Labute approximate surface area is 114 Å². The van der Waals surface area contributed by atoms with Gasteiger partial charge in [-0.2, -0.15) is 5.10 Å². The summed E-state index contributed by atoms with van der Waals surface area (Å²) in [6.07, 6.45) is 7.48. The summed E-state index contributed by atoms with van der Waals surface area (Å²) in [4.78, 5) is 8.50. The van der Waals surface area contributed by atoms with Crippen LogP contribution in [0.1, 0.15) is 5.56 Å². The number of hydrogen-bond donors (Lipinski definition) is 2. The first-order valence-electron chi connectivity index (χ1n) is 5.87. The zero-order chi connectivity index (χ0) is 13.1. The van der Waals surface area contributed by atoms with Crippen molar-refractivity contribution in [3.8, 4) is 0 Å². The summed E-state index contributed by atoms with van der Waals surface area (Å²) in [7, 11) is 0. The first-order valence-corrected chi connectivity index (χ1v) is 7.09. The van der Waals surface area contributed by atoms with Gasteiger partial charge in [-0.3, -0.25) is 5.10 Å². The van der Waals surface area contributed by atoms with E-state index in [1.807, 2.05) is 37.0 Å². The van der Waals surface area contributed by atoms with E-state index in [-0.39, 0.29) is 0 Å². The number of thioether (sulfide) groups is 1. The monoisotopic (exact) mass is 271 g/mol. The van der Waals surface area contributed by atoms with Gasteiger partial charge in [-0.05, 0) is 24.5 Å². The van der Waals surface area contributed by atoms with Gasteiger partial charge in [-0.1, -0.05) is 11.8 Å². The topological polar surface area (TPSA) is 66.5 Å². The second kappa shape index (κ2) is 5.27. The van der Waals surface area contributed by atoms with Crippen LogP contribution in [0, 0.1) is 0 Å². The van der Waals surface area contributed by atoms with Crippen LogP contribution in [0.15, 0.2) is 41.9 Å². The highest BCUT2D eigenvalue weighted by Gasteiger charge is 1.99. The van der Waals surface area contributed by atoms with Crippen LogP contribution in [0.2, 0.25) is 0 Å². The largest absolute Gasteiger partial charge is 0.381 e. The fourth-order valence-corrected chi connectivity index (χ4v) is 2.11. The molecule has 0 bridgehead atoms. The molecule has 3 aromatic rings. The van der Waals surface area contributed by atoms with E-state index < -0.39 is 0 Å². The zero-order valence-corrected chi connectivity index (χ0v) is 11.2. The quantitative estimate of drug-likeness (QED) is 0.564. The third kappa shape index (κ3) is 2.68. The molecule has 0 spiro atoms. The van der Waals surface area contributed by atoms with Crippen LogP contribution < -0.4 is 5.32 Å². The lowest BCUT2D eigenvalue weighted by atomic mass is 10.2. The van der Waals surface area contributed by atoms with Crippen LogP contribution in [0.4, 0.5) is 5.69 Å². The van der Waals surface area contributed by atoms with Crippen molar-refractivity contribution in [2.75, 3.05) is 11.6 Å². The fourth-order valence-electron chi connectivity index (χ4n) is 1.80. The summed E-state index contributed by atoms with van der Waals surface area (Å²) in [6, 6.07) is 6.10. The van der Waals surface area contributed by atoms with E-state index in [2.05, 4.69) is 31.5 Å². The molecule has 2 N–H and O–H groups in total. The molecule has 0 aliphatic rings. The van der Waals surface area contributed by atoms with Crippen molar-refractivity contribution in [3.05, 3.63) is 42.4 Å². The molecule has 0 unspecified atom stereocenters. The van der Waals surface area contributed by atoms with Gasteiger partial charge in [0.1, 0.15) is 0 Å². The van der Waals surface area contributed by atoms with E-state index in [0.29, 0.717) is 6.54 Å². The van der Waals surface area contributed by atoms with Crippen LogP contribution in [0.3, 0.4) is 0 Å². The highest BCUT2D eigenvalue weighted by Crippen LogP contribution is 2.17. The van der Waals surface area contributed by atoms with Gasteiger partial charge in [0, 0.05) is 35.6 Å². The molecule has 0 saturated carbocycles. The van der Waals surface area contributed by atoms with Crippen molar-refractivity contribution >= 4 is 28.4 Å². The van der Waals surface area contributed by atoms with Crippen molar-refractivity contribution in [1.82, 2.24) is 20.2 Å². The number of aromatic amines is 1. The smallest absolute Gasteiger partial charge is 0.187 e. The predicted octanol–water partition coefficient (Wildman–Crippen LogP) is 2.69. The molecule has 0 radical (unpaired) electrons. The Kier molecular flexibility index (Phi) is 3.33. The molecule has 0 aliphatic heterocycles. The summed E-state index contributed by atoms with van der Waals surface area (Å²) in [5.74, 6) is 0. The highest BCUT2D eigenvalue weighted by molar-refractivity contribution is 7.98. The van der Waals surface area contributed by atoms with Crippen molar-refractivity contribution in [3.63, 3.8) is 0 Å². The van der Waals surface area contributed by atoms with Gasteiger partial charge in [0.15, 0.2) is 5.16 Å². The molecule has 1 aromatic carbocycles. The SMILES string of the molecule is CSc1ncc(CNc2ccc3[nH]ncc3c2)cn1. The maximum Gasteiger partial charge on any atom is 0.187 e. The lowest BCUT2D eigenvalue weighted by Gasteiger charge is -2.06. The van der Waals surface area contributed by atoms with Crippen molar-refractivity contribution in [1.29, 1.82) is 0 Å². The minimum atomic E-state index is 0.706. The van der Waals surface area contributed by atoms with E-state index in [1.54, 1.807) is 11.8 Å². The van der Waals surface area contributed by atoms with E-state index in [4.69, 9.17) is 0 Å². The maximum atomic E-state index is 4.25. The normalized spacial score (nSPS) is 10.8. The number of rotatable bonds is 4. The summed E-state index contributed by atoms with van der Waals surface area (Å²) < 4.78 is 0. The van der Waals surface area contributed by atoms with Gasteiger partial charge in [0.25, 0.3) is 0 Å². The number of H-pyrrole nitrogens is 1. The lowest BCUT2D eigenvalue weighted by Crippen LogP contribution is -2.00. The van der Waals surface area contributed by atoms with E-state index in [0.717, 1.165) is 27.3 Å². The molecule has 19 heavy (non-hydrogen) atoms.